The lowest BCUT2D eigenvalue weighted by Crippen LogP contribution is -2.06. The highest BCUT2D eigenvalue weighted by Crippen LogP contribution is 2.27. The Morgan fingerprint density at radius 1 is 0.783 bits per heavy atom. The molecule has 0 unspecified atom stereocenters. The highest BCUT2D eigenvalue weighted by atomic mass is 32.2. The molecule has 0 aromatic heterocycles. The van der Waals surface area contributed by atoms with Gasteiger partial charge in [0.15, 0.2) is 0 Å². The molecule has 2 aromatic carbocycles. The molecule has 4 N–H and O–H groups in total. The Balaban J connectivity index is 2.50. The van der Waals surface area contributed by atoms with Gasteiger partial charge in [-0.3, -0.25) is 0 Å². The second-order valence-electron chi connectivity index (χ2n) is 5.72. The van der Waals surface area contributed by atoms with Crippen molar-refractivity contribution in [3.63, 3.8) is 0 Å². The van der Waals surface area contributed by atoms with E-state index in [0.29, 0.717) is 11.4 Å². The minimum Gasteiger partial charge on any atom is -0.399 e. The topological polar surface area (TPSA) is 86.2 Å². The number of nitrogens with two attached hydrogens (primary N) is 2. The van der Waals surface area contributed by atoms with Gasteiger partial charge >= 0.3 is 0 Å². The predicted molar refractivity (Wildman–Crippen MR) is 95.2 cm³/mol. The zero-order valence-corrected chi connectivity index (χ0v) is 14.5. The lowest BCUT2D eigenvalue weighted by Gasteiger charge is -2.11. The number of nitrogen functional groups attached to an aromatic ring is 2. The molecular formula is C18H24N2O2S. The van der Waals surface area contributed by atoms with Crippen LogP contribution in [0.1, 0.15) is 37.8 Å². The summed E-state index contributed by atoms with van der Waals surface area (Å²) >= 11 is 0. The zero-order chi connectivity index (χ0) is 17.0. The number of rotatable bonds is 6. The van der Waals surface area contributed by atoms with E-state index < -0.39 is 9.84 Å². The van der Waals surface area contributed by atoms with Gasteiger partial charge in [0.2, 0.25) is 9.84 Å². The predicted octanol–water partition coefficient (Wildman–Crippen LogP) is 3.59. The van der Waals surface area contributed by atoms with Crippen molar-refractivity contribution in [1.29, 1.82) is 0 Å². The van der Waals surface area contributed by atoms with E-state index >= 15 is 0 Å². The third-order valence-corrected chi connectivity index (χ3v) is 5.64. The normalized spacial score (nSPS) is 11.6. The van der Waals surface area contributed by atoms with E-state index in [4.69, 9.17) is 11.5 Å². The van der Waals surface area contributed by atoms with Crippen LogP contribution in [0.5, 0.6) is 0 Å². The Morgan fingerprint density at radius 3 is 1.52 bits per heavy atom. The highest BCUT2D eigenvalue weighted by Gasteiger charge is 2.19. The summed E-state index contributed by atoms with van der Waals surface area (Å²) in [6, 6.07) is 9.84. The van der Waals surface area contributed by atoms with E-state index in [0.717, 1.165) is 36.8 Å². The Labute approximate surface area is 138 Å². The summed E-state index contributed by atoms with van der Waals surface area (Å²) in [5.74, 6) is 0. The monoisotopic (exact) mass is 332 g/mol. The van der Waals surface area contributed by atoms with Crippen LogP contribution in [0.15, 0.2) is 46.2 Å². The smallest absolute Gasteiger partial charge is 0.206 e. The summed E-state index contributed by atoms with van der Waals surface area (Å²) in [4.78, 5) is 0.560. The van der Waals surface area contributed by atoms with Crippen LogP contribution in [0.25, 0.3) is 0 Å². The minimum atomic E-state index is -3.57. The first kappa shape index (κ1) is 17.3. The standard InChI is InChI=1S/C18H24N2O2S/c1-3-5-13-11-15(7-9-17(13)19)23(21,22)16-8-10-18(20)14(12-16)6-4-2/h7-12H,3-6,19-20H2,1-2H3. The number of hydrogen-bond donors (Lipinski definition) is 2. The molecule has 0 aliphatic heterocycles. The summed E-state index contributed by atoms with van der Waals surface area (Å²) in [7, 11) is -3.57. The van der Waals surface area contributed by atoms with Gasteiger partial charge in [0.1, 0.15) is 0 Å². The van der Waals surface area contributed by atoms with E-state index in [1.807, 2.05) is 13.8 Å². The maximum Gasteiger partial charge on any atom is 0.206 e. The molecule has 0 atom stereocenters. The van der Waals surface area contributed by atoms with E-state index in [9.17, 15) is 8.42 Å². The Hall–Kier alpha value is -2.01. The van der Waals surface area contributed by atoms with Gasteiger partial charge in [-0.15, -0.1) is 0 Å². The van der Waals surface area contributed by atoms with Gasteiger partial charge in [-0.1, -0.05) is 26.7 Å². The first-order valence-electron chi connectivity index (χ1n) is 7.92. The second-order valence-corrected chi connectivity index (χ2v) is 7.67. The summed E-state index contributed by atoms with van der Waals surface area (Å²) in [5, 5.41) is 0. The molecule has 124 valence electrons. The Kier molecular flexibility index (Phi) is 5.31. The van der Waals surface area contributed by atoms with Crippen LogP contribution in [0, 0.1) is 0 Å². The van der Waals surface area contributed by atoms with Gasteiger partial charge in [-0.2, -0.15) is 0 Å². The van der Waals surface area contributed by atoms with Crippen molar-refractivity contribution < 1.29 is 8.42 Å². The first-order valence-corrected chi connectivity index (χ1v) is 9.40. The van der Waals surface area contributed by atoms with Crippen LogP contribution < -0.4 is 11.5 Å². The fraction of sp³-hybridized carbons (Fsp3) is 0.333. The lowest BCUT2D eigenvalue weighted by molar-refractivity contribution is 0.596. The number of hydrogen-bond acceptors (Lipinski definition) is 4. The molecule has 0 fully saturated rings. The Bertz CT molecular complexity index is 737. The third-order valence-electron chi connectivity index (χ3n) is 3.89. The molecule has 5 heteroatoms. The molecule has 0 bridgehead atoms. The zero-order valence-electron chi connectivity index (χ0n) is 13.7. The minimum absolute atomic E-state index is 0.280. The molecule has 23 heavy (non-hydrogen) atoms. The summed E-state index contributed by atoms with van der Waals surface area (Å²) in [6.45, 7) is 4.08. The van der Waals surface area contributed by atoms with Gasteiger partial charge in [-0.25, -0.2) is 8.42 Å². The molecule has 0 radical (unpaired) electrons. The van der Waals surface area contributed by atoms with Crippen LogP contribution in [-0.2, 0) is 22.7 Å². The van der Waals surface area contributed by atoms with Crippen molar-refractivity contribution >= 4 is 21.2 Å². The molecule has 0 aliphatic rings. The molecule has 0 amide bonds. The van der Waals surface area contributed by atoms with E-state index in [1.165, 1.54) is 0 Å². The average Bonchev–Trinajstić information content (AvgIpc) is 2.51. The number of anilines is 2. The lowest BCUT2D eigenvalue weighted by atomic mass is 10.1. The van der Waals surface area contributed by atoms with Crippen molar-refractivity contribution in [3.8, 4) is 0 Å². The van der Waals surface area contributed by atoms with E-state index in [1.54, 1.807) is 36.4 Å². The van der Waals surface area contributed by atoms with Crippen molar-refractivity contribution in [2.75, 3.05) is 11.5 Å². The SMILES string of the molecule is CCCc1cc(S(=O)(=O)c2ccc(N)c(CCC)c2)ccc1N. The quantitative estimate of drug-likeness (QED) is 0.792. The first-order chi connectivity index (χ1) is 10.9. The fourth-order valence-corrected chi connectivity index (χ4v) is 3.97. The van der Waals surface area contributed by atoms with Crippen LogP contribution in [0.2, 0.25) is 0 Å². The average molecular weight is 332 g/mol. The Morgan fingerprint density at radius 2 is 1.17 bits per heavy atom. The maximum absolute atomic E-state index is 12.9. The molecular weight excluding hydrogens is 308 g/mol. The molecule has 0 aliphatic carbocycles. The number of benzene rings is 2. The molecule has 0 saturated heterocycles. The van der Waals surface area contributed by atoms with Gasteiger partial charge in [0, 0.05) is 11.4 Å². The highest BCUT2D eigenvalue weighted by molar-refractivity contribution is 7.91. The number of aryl methyl sites for hydroxylation is 2. The molecule has 0 heterocycles. The molecule has 4 nitrogen and oxygen atoms in total. The van der Waals surface area contributed by atoms with Gasteiger partial charge < -0.3 is 11.5 Å². The molecule has 2 aromatic rings. The third kappa shape index (κ3) is 3.67. The van der Waals surface area contributed by atoms with Gasteiger partial charge in [-0.05, 0) is 60.4 Å². The number of sulfone groups is 1. The maximum atomic E-state index is 12.9. The van der Waals surface area contributed by atoms with E-state index in [-0.39, 0.29) is 9.79 Å². The van der Waals surface area contributed by atoms with Crippen LogP contribution >= 0.6 is 0 Å². The van der Waals surface area contributed by atoms with Crippen LogP contribution in [0.4, 0.5) is 11.4 Å². The van der Waals surface area contributed by atoms with Crippen molar-refractivity contribution in [2.24, 2.45) is 0 Å². The van der Waals surface area contributed by atoms with Crippen molar-refractivity contribution in [1.82, 2.24) is 0 Å². The summed E-state index contributed by atoms with van der Waals surface area (Å²) < 4.78 is 25.8. The molecule has 0 saturated carbocycles. The summed E-state index contributed by atoms with van der Waals surface area (Å²) in [5.41, 5.74) is 14.9. The van der Waals surface area contributed by atoms with E-state index in [2.05, 4.69) is 0 Å². The van der Waals surface area contributed by atoms with Gasteiger partial charge in [0.05, 0.1) is 9.79 Å². The summed E-state index contributed by atoms with van der Waals surface area (Å²) in [6.07, 6.45) is 3.35. The van der Waals surface area contributed by atoms with Crippen LogP contribution in [0.3, 0.4) is 0 Å². The molecule has 0 spiro atoms. The van der Waals surface area contributed by atoms with Crippen molar-refractivity contribution in [2.45, 2.75) is 49.3 Å². The van der Waals surface area contributed by atoms with Gasteiger partial charge in [0.25, 0.3) is 0 Å². The fourth-order valence-electron chi connectivity index (χ4n) is 2.61. The second kappa shape index (κ2) is 7.04. The largest absolute Gasteiger partial charge is 0.399 e. The van der Waals surface area contributed by atoms with Crippen LogP contribution in [-0.4, -0.2) is 8.42 Å². The molecule has 2 rings (SSSR count). The van der Waals surface area contributed by atoms with Crippen molar-refractivity contribution in [3.05, 3.63) is 47.5 Å².